The van der Waals surface area contributed by atoms with Crippen LogP contribution in [-0.4, -0.2) is 43.3 Å². The molecular formula is C16H13N3O5S. The number of ether oxygens (including phenoxy) is 1. The number of benzene rings is 1. The Morgan fingerprint density at radius 3 is 2.28 bits per heavy atom. The number of nitrogens with zero attached hydrogens (tertiary/aromatic N) is 2. The predicted octanol–water partition coefficient (Wildman–Crippen LogP) is 1.23. The number of carbonyl (C=O) groups excluding carboxylic acids is 2. The van der Waals surface area contributed by atoms with Crippen LogP contribution in [0, 0.1) is 0 Å². The number of rotatable bonds is 4. The quantitative estimate of drug-likeness (QED) is 0.867. The highest BCUT2D eigenvalue weighted by Crippen LogP contribution is 2.28. The van der Waals surface area contributed by atoms with Gasteiger partial charge in [-0.15, -0.1) is 0 Å². The number of hydrogen-bond acceptors (Lipinski definition) is 8. The summed E-state index contributed by atoms with van der Waals surface area (Å²) in [7, 11) is -2.51. The van der Waals surface area contributed by atoms with Crippen LogP contribution in [0.1, 0.15) is 21.0 Å². The van der Waals surface area contributed by atoms with E-state index >= 15 is 0 Å². The van der Waals surface area contributed by atoms with E-state index in [-0.39, 0.29) is 17.1 Å². The van der Waals surface area contributed by atoms with Gasteiger partial charge >= 0.3 is 0 Å². The molecule has 1 N–H and O–H groups in total. The normalized spacial score (nSPS) is 14.3. The first-order valence-electron chi connectivity index (χ1n) is 7.08. The molecule has 1 aromatic heterocycles. The van der Waals surface area contributed by atoms with E-state index in [2.05, 4.69) is 15.3 Å². The van der Waals surface area contributed by atoms with Crippen LogP contribution in [0.2, 0.25) is 0 Å². The van der Waals surface area contributed by atoms with Crippen LogP contribution in [0.5, 0.6) is 5.75 Å². The van der Waals surface area contributed by atoms with Crippen molar-refractivity contribution in [1.82, 2.24) is 9.97 Å². The second-order valence-electron chi connectivity index (χ2n) is 5.25. The smallest absolute Gasteiger partial charge is 0.231 e. The SMILES string of the molecule is COc1cccc(NC2=C(S(C)(=O)=O)C(=O)c3nccnc3C2=O)c1. The van der Waals surface area contributed by atoms with E-state index in [0.29, 0.717) is 11.4 Å². The molecule has 0 atom stereocenters. The Bertz CT molecular complexity index is 1030. The van der Waals surface area contributed by atoms with Crippen LogP contribution >= 0.6 is 0 Å². The lowest BCUT2D eigenvalue weighted by Crippen LogP contribution is -2.31. The van der Waals surface area contributed by atoms with Gasteiger partial charge in [-0.3, -0.25) is 9.59 Å². The zero-order chi connectivity index (χ0) is 18.2. The molecule has 0 saturated heterocycles. The summed E-state index contributed by atoms with van der Waals surface area (Å²) in [5.74, 6) is -1.08. The lowest BCUT2D eigenvalue weighted by Gasteiger charge is -2.19. The number of sulfone groups is 1. The van der Waals surface area contributed by atoms with Gasteiger partial charge < -0.3 is 10.1 Å². The van der Waals surface area contributed by atoms with Gasteiger partial charge in [0.2, 0.25) is 11.6 Å². The Morgan fingerprint density at radius 2 is 1.68 bits per heavy atom. The number of aromatic nitrogens is 2. The molecule has 1 aromatic carbocycles. The van der Waals surface area contributed by atoms with Crippen molar-refractivity contribution in [1.29, 1.82) is 0 Å². The summed E-state index contributed by atoms with van der Waals surface area (Å²) in [4.78, 5) is 32.3. The number of Topliss-reactive ketones (excluding diaryl/α,β-unsaturated/α-hetero) is 2. The van der Waals surface area contributed by atoms with Gasteiger partial charge in [-0.1, -0.05) is 6.07 Å². The molecule has 0 fully saturated rings. The van der Waals surface area contributed by atoms with Crippen molar-refractivity contribution in [2.75, 3.05) is 18.7 Å². The maximum absolute atomic E-state index is 12.7. The molecule has 0 amide bonds. The number of ketones is 2. The highest BCUT2D eigenvalue weighted by atomic mass is 32.2. The highest BCUT2D eigenvalue weighted by molar-refractivity contribution is 7.95. The molecule has 0 unspecified atom stereocenters. The van der Waals surface area contributed by atoms with Gasteiger partial charge in [-0.05, 0) is 12.1 Å². The van der Waals surface area contributed by atoms with Gasteiger partial charge in [0.15, 0.2) is 9.84 Å². The van der Waals surface area contributed by atoms with Gasteiger partial charge in [0.25, 0.3) is 0 Å². The Kier molecular flexibility index (Phi) is 4.09. The zero-order valence-corrected chi connectivity index (χ0v) is 14.1. The first-order chi connectivity index (χ1) is 11.8. The molecule has 1 aliphatic carbocycles. The van der Waals surface area contributed by atoms with E-state index in [1.807, 2.05) is 0 Å². The summed E-state index contributed by atoms with van der Waals surface area (Å²) in [6.45, 7) is 0. The zero-order valence-electron chi connectivity index (χ0n) is 13.3. The summed E-state index contributed by atoms with van der Waals surface area (Å²) in [6, 6.07) is 6.52. The third-order valence-electron chi connectivity index (χ3n) is 3.50. The Morgan fingerprint density at radius 1 is 1.04 bits per heavy atom. The number of hydrogen-bond donors (Lipinski definition) is 1. The molecule has 0 aliphatic heterocycles. The second kappa shape index (κ2) is 6.10. The van der Waals surface area contributed by atoms with E-state index in [1.165, 1.54) is 19.5 Å². The van der Waals surface area contributed by atoms with Gasteiger partial charge in [0.1, 0.15) is 27.7 Å². The average Bonchev–Trinajstić information content (AvgIpc) is 2.58. The number of nitrogens with one attached hydrogen (secondary N) is 1. The van der Waals surface area contributed by atoms with Crippen LogP contribution in [0.15, 0.2) is 47.3 Å². The number of carbonyl (C=O) groups is 2. The lowest BCUT2D eigenvalue weighted by atomic mass is 10.0. The molecule has 128 valence electrons. The maximum Gasteiger partial charge on any atom is 0.231 e. The standard InChI is InChI=1S/C16H13N3O5S/c1-24-10-5-3-4-9(8-10)19-13-14(20)11-12(18-7-6-17-11)15(21)16(13)25(2,22)23/h3-8,19H,1-2H3. The summed E-state index contributed by atoms with van der Waals surface area (Å²) < 4.78 is 29.4. The van der Waals surface area contributed by atoms with E-state index < -0.39 is 26.3 Å². The summed E-state index contributed by atoms with van der Waals surface area (Å²) in [6.07, 6.45) is 3.35. The minimum atomic E-state index is -3.99. The van der Waals surface area contributed by atoms with Gasteiger partial charge in [0.05, 0.1) is 7.11 Å². The fraction of sp³-hybridized carbons (Fsp3) is 0.125. The Hall–Kier alpha value is -3.07. The topological polar surface area (TPSA) is 115 Å². The van der Waals surface area contributed by atoms with E-state index in [1.54, 1.807) is 24.3 Å². The fourth-order valence-corrected chi connectivity index (χ4v) is 3.37. The predicted molar refractivity (Wildman–Crippen MR) is 89.2 cm³/mol. The molecule has 3 rings (SSSR count). The van der Waals surface area contributed by atoms with Crippen molar-refractivity contribution < 1.29 is 22.7 Å². The van der Waals surface area contributed by atoms with Gasteiger partial charge in [0, 0.05) is 30.4 Å². The maximum atomic E-state index is 12.7. The molecule has 0 spiro atoms. The molecule has 2 aromatic rings. The number of methoxy groups -OCH3 is 1. The van der Waals surface area contributed by atoms with Crippen molar-refractivity contribution in [3.05, 3.63) is 58.6 Å². The first-order valence-corrected chi connectivity index (χ1v) is 8.98. The average molecular weight is 359 g/mol. The molecule has 9 heteroatoms. The highest BCUT2D eigenvalue weighted by Gasteiger charge is 2.39. The van der Waals surface area contributed by atoms with Crippen molar-refractivity contribution in [3.8, 4) is 5.75 Å². The van der Waals surface area contributed by atoms with E-state index in [9.17, 15) is 18.0 Å². The third kappa shape index (κ3) is 3.01. The van der Waals surface area contributed by atoms with Crippen LogP contribution in [0.25, 0.3) is 0 Å². The van der Waals surface area contributed by atoms with Crippen LogP contribution in [0.3, 0.4) is 0 Å². The van der Waals surface area contributed by atoms with Crippen molar-refractivity contribution in [3.63, 3.8) is 0 Å². The molecule has 0 saturated carbocycles. The number of anilines is 1. The van der Waals surface area contributed by atoms with Crippen molar-refractivity contribution >= 4 is 27.1 Å². The largest absolute Gasteiger partial charge is 0.497 e. The van der Waals surface area contributed by atoms with E-state index in [0.717, 1.165) is 6.26 Å². The minimum Gasteiger partial charge on any atom is -0.497 e. The Balaban J connectivity index is 2.19. The van der Waals surface area contributed by atoms with Gasteiger partial charge in [-0.25, -0.2) is 18.4 Å². The molecule has 8 nitrogen and oxygen atoms in total. The van der Waals surface area contributed by atoms with Crippen molar-refractivity contribution in [2.24, 2.45) is 0 Å². The molecule has 1 aliphatic rings. The van der Waals surface area contributed by atoms with Crippen LogP contribution < -0.4 is 10.1 Å². The Labute approximate surface area is 143 Å². The number of allylic oxidation sites excluding steroid dienone is 2. The van der Waals surface area contributed by atoms with E-state index in [4.69, 9.17) is 4.74 Å². The fourth-order valence-electron chi connectivity index (χ4n) is 2.43. The number of fused-ring (bicyclic) bond motifs is 1. The van der Waals surface area contributed by atoms with Gasteiger partial charge in [-0.2, -0.15) is 0 Å². The van der Waals surface area contributed by atoms with Crippen molar-refractivity contribution in [2.45, 2.75) is 0 Å². The monoisotopic (exact) mass is 359 g/mol. The first kappa shape index (κ1) is 16.8. The molecule has 0 radical (unpaired) electrons. The third-order valence-corrected chi connectivity index (χ3v) is 4.63. The van der Waals surface area contributed by atoms with Crippen LogP contribution in [0.4, 0.5) is 5.69 Å². The molecular weight excluding hydrogens is 346 g/mol. The summed E-state index contributed by atoms with van der Waals surface area (Å²) in [5.41, 5.74) is -0.424. The summed E-state index contributed by atoms with van der Waals surface area (Å²) >= 11 is 0. The molecule has 0 bridgehead atoms. The lowest BCUT2D eigenvalue weighted by molar-refractivity contribution is 0.0974. The second-order valence-corrected chi connectivity index (χ2v) is 7.20. The molecule has 25 heavy (non-hydrogen) atoms. The summed E-state index contributed by atoms with van der Waals surface area (Å²) in [5, 5.41) is 2.72. The minimum absolute atomic E-state index is 0.190. The van der Waals surface area contributed by atoms with Crippen LogP contribution in [-0.2, 0) is 9.84 Å². The molecule has 1 heterocycles.